The predicted octanol–water partition coefficient (Wildman–Crippen LogP) is 6.16. The molecule has 1 heterocycles. The third-order valence-corrected chi connectivity index (χ3v) is 5.69. The van der Waals surface area contributed by atoms with E-state index in [2.05, 4.69) is 38.2 Å². The maximum Gasteiger partial charge on any atom is 0.258 e. The number of carbonyl (C=O) groups excluding carboxylic acids is 1. The topological polar surface area (TPSA) is 67.2 Å². The second-order valence-corrected chi connectivity index (χ2v) is 8.31. The molecule has 10 heteroatoms. The lowest BCUT2D eigenvalue weighted by atomic mass is 10.2. The van der Waals surface area contributed by atoms with Crippen molar-refractivity contribution in [3.05, 3.63) is 80.4 Å². The number of thiocarbonyl (C=S) groups is 1. The smallest absolute Gasteiger partial charge is 0.258 e. The van der Waals surface area contributed by atoms with E-state index < -0.39 is 11.6 Å². The maximum atomic E-state index is 13.6. The number of anilines is 1. The number of nitrogens with zero attached hydrogens (tertiary/aromatic N) is 1. The van der Waals surface area contributed by atoms with Crippen molar-refractivity contribution in [1.29, 1.82) is 0 Å². The van der Waals surface area contributed by atoms with Crippen LogP contribution in [0, 0.1) is 15.2 Å². The predicted molar refractivity (Wildman–Crippen MR) is 127 cm³/mol. The summed E-state index contributed by atoms with van der Waals surface area (Å²) in [5, 5.41) is 5.62. The van der Waals surface area contributed by atoms with Gasteiger partial charge in [0, 0.05) is 9.26 Å². The van der Waals surface area contributed by atoms with Crippen molar-refractivity contribution in [3.8, 4) is 11.5 Å². The average molecular weight is 570 g/mol. The number of aromatic nitrogens is 1. The van der Waals surface area contributed by atoms with Gasteiger partial charge >= 0.3 is 0 Å². The van der Waals surface area contributed by atoms with Gasteiger partial charge in [0.05, 0.1) is 16.1 Å². The zero-order chi connectivity index (χ0) is 22.1. The number of hydrogen-bond donors (Lipinski definition) is 2. The zero-order valence-electron chi connectivity index (χ0n) is 15.4. The highest BCUT2D eigenvalue weighted by Gasteiger charge is 2.16. The van der Waals surface area contributed by atoms with Crippen molar-refractivity contribution in [2.75, 3.05) is 5.32 Å². The number of rotatable bonds is 3. The van der Waals surface area contributed by atoms with E-state index in [0.29, 0.717) is 22.4 Å². The number of carbonyl (C=O) groups is 1. The van der Waals surface area contributed by atoms with Gasteiger partial charge in [-0.1, -0.05) is 23.7 Å². The summed E-state index contributed by atoms with van der Waals surface area (Å²) >= 11 is 13.3. The molecule has 0 bridgehead atoms. The van der Waals surface area contributed by atoms with Gasteiger partial charge in [-0.3, -0.25) is 10.1 Å². The molecule has 0 atom stereocenters. The number of halogens is 4. The number of amides is 1. The lowest BCUT2D eigenvalue weighted by Crippen LogP contribution is -2.34. The number of benzene rings is 3. The summed E-state index contributed by atoms with van der Waals surface area (Å²) in [6.07, 6.45) is 0. The molecule has 1 aromatic heterocycles. The molecule has 0 aliphatic heterocycles. The van der Waals surface area contributed by atoms with Gasteiger partial charge in [0.2, 0.25) is 5.89 Å². The zero-order valence-corrected chi connectivity index (χ0v) is 19.1. The Hall–Kier alpha value is -2.63. The molecular formula is C21H11ClF2IN3O2S. The van der Waals surface area contributed by atoms with Crippen LogP contribution < -0.4 is 10.6 Å². The fourth-order valence-corrected chi connectivity index (χ4v) is 3.86. The Morgan fingerprint density at radius 3 is 2.61 bits per heavy atom. The summed E-state index contributed by atoms with van der Waals surface area (Å²) in [5.74, 6) is -2.40. The monoisotopic (exact) mass is 569 g/mol. The standard InChI is InChI=1S/C21H11ClF2IN3O2S/c22-13-9-15(24)14(23)8-12(13)20-27-17-7-10(5-6-18(17)30-20)26-21(31)28-19(29)11-3-1-2-4-16(11)25/h1-9H,(H2,26,28,29,31). The normalized spacial score (nSPS) is 10.8. The Morgan fingerprint density at radius 1 is 1.10 bits per heavy atom. The highest BCUT2D eigenvalue weighted by molar-refractivity contribution is 14.1. The fraction of sp³-hybridized carbons (Fsp3) is 0. The van der Waals surface area contributed by atoms with Crippen molar-refractivity contribution >= 4 is 74.2 Å². The minimum atomic E-state index is -1.06. The first-order valence-electron chi connectivity index (χ1n) is 8.74. The van der Waals surface area contributed by atoms with Crippen LogP contribution in [0.2, 0.25) is 5.02 Å². The summed E-state index contributed by atoms with van der Waals surface area (Å²) in [6.45, 7) is 0. The minimum absolute atomic E-state index is 0.0248. The molecule has 0 unspecified atom stereocenters. The van der Waals surface area contributed by atoms with Gasteiger partial charge in [0.25, 0.3) is 5.91 Å². The Morgan fingerprint density at radius 2 is 1.84 bits per heavy atom. The molecular weight excluding hydrogens is 559 g/mol. The van der Waals surface area contributed by atoms with Gasteiger partial charge in [-0.2, -0.15) is 0 Å². The van der Waals surface area contributed by atoms with Gasteiger partial charge in [-0.25, -0.2) is 13.8 Å². The lowest BCUT2D eigenvalue weighted by Gasteiger charge is -2.10. The molecule has 4 aromatic rings. The van der Waals surface area contributed by atoms with Crippen LogP contribution in [0.5, 0.6) is 0 Å². The van der Waals surface area contributed by atoms with E-state index in [1.165, 1.54) is 0 Å². The molecule has 2 N–H and O–H groups in total. The average Bonchev–Trinajstić information content (AvgIpc) is 3.14. The highest BCUT2D eigenvalue weighted by atomic mass is 127. The molecule has 31 heavy (non-hydrogen) atoms. The van der Waals surface area contributed by atoms with E-state index in [1.807, 2.05) is 12.1 Å². The first kappa shape index (κ1) is 21.6. The van der Waals surface area contributed by atoms with Gasteiger partial charge in [0.15, 0.2) is 22.3 Å². The Balaban J connectivity index is 1.53. The summed E-state index contributed by atoms with van der Waals surface area (Å²) in [6, 6.07) is 13.9. The van der Waals surface area contributed by atoms with Crippen molar-refractivity contribution < 1.29 is 18.0 Å². The number of oxazole rings is 1. The Kier molecular flexibility index (Phi) is 6.17. The molecule has 156 valence electrons. The van der Waals surface area contributed by atoms with E-state index in [-0.39, 0.29) is 27.5 Å². The van der Waals surface area contributed by atoms with Crippen LogP contribution in [0.3, 0.4) is 0 Å². The van der Waals surface area contributed by atoms with Crippen LogP contribution >= 0.6 is 46.4 Å². The number of fused-ring (bicyclic) bond motifs is 1. The van der Waals surface area contributed by atoms with Crippen LogP contribution in [0.15, 0.2) is 59.0 Å². The van der Waals surface area contributed by atoms with Gasteiger partial charge in [-0.15, -0.1) is 0 Å². The van der Waals surface area contributed by atoms with Crippen molar-refractivity contribution in [2.24, 2.45) is 0 Å². The van der Waals surface area contributed by atoms with E-state index in [1.54, 1.807) is 30.3 Å². The molecule has 0 saturated carbocycles. The van der Waals surface area contributed by atoms with Gasteiger partial charge in [0.1, 0.15) is 5.52 Å². The molecule has 5 nitrogen and oxygen atoms in total. The highest BCUT2D eigenvalue weighted by Crippen LogP contribution is 2.32. The van der Waals surface area contributed by atoms with Crippen molar-refractivity contribution in [1.82, 2.24) is 10.3 Å². The first-order valence-corrected chi connectivity index (χ1v) is 10.6. The molecule has 0 radical (unpaired) electrons. The Bertz CT molecular complexity index is 1350. The molecule has 1 amide bonds. The van der Waals surface area contributed by atoms with Crippen LogP contribution in [0.1, 0.15) is 10.4 Å². The van der Waals surface area contributed by atoms with E-state index in [0.717, 1.165) is 15.7 Å². The number of hydrogen-bond acceptors (Lipinski definition) is 4. The van der Waals surface area contributed by atoms with E-state index in [9.17, 15) is 13.6 Å². The third-order valence-electron chi connectivity index (χ3n) is 4.23. The van der Waals surface area contributed by atoms with E-state index >= 15 is 0 Å². The van der Waals surface area contributed by atoms with E-state index in [4.69, 9.17) is 28.2 Å². The van der Waals surface area contributed by atoms with Crippen LogP contribution in [0.25, 0.3) is 22.6 Å². The fourth-order valence-electron chi connectivity index (χ4n) is 2.78. The van der Waals surface area contributed by atoms with Crippen LogP contribution in [-0.2, 0) is 0 Å². The third kappa shape index (κ3) is 4.68. The minimum Gasteiger partial charge on any atom is -0.436 e. The van der Waals surface area contributed by atoms with Crippen LogP contribution in [-0.4, -0.2) is 16.0 Å². The van der Waals surface area contributed by atoms with Crippen LogP contribution in [0.4, 0.5) is 14.5 Å². The summed E-state index contributed by atoms with van der Waals surface area (Å²) in [7, 11) is 0. The van der Waals surface area contributed by atoms with Crippen molar-refractivity contribution in [2.45, 2.75) is 0 Å². The van der Waals surface area contributed by atoms with Gasteiger partial charge < -0.3 is 9.73 Å². The largest absolute Gasteiger partial charge is 0.436 e. The quantitative estimate of drug-likeness (QED) is 0.176. The molecule has 0 aliphatic carbocycles. The van der Waals surface area contributed by atoms with Crippen molar-refractivity contribution in [3.63, 3.8) is 0 Å². The molecule has 0 fully saturated rings. The molecule has 0 aliphatic rings. The first-order chi connectivity index (χ1) is 14.8. The summed E-state index contributed by atoms with van der Waals surface area (Å²) in [5.41, 5.74) is 2.04. The summed E-state index contributed by atoms with van der Waals surface area (Å²) in [4.78, 5) is 16.7. The lowest BCUT2D eigenvalue weighted by molar-refractivity contribution is 0.0977. The second kappa shape index (κ2) is 8.85. The maximum absolute atomic E-state index is 13.6. The molecule has 3 aromatic carbocycles. The second-order valence-electron chi connectivity index (χ2n) is 6.34. The van der Waals surface area contributed by atoms with Gasteiger partial charge in [-0.05, 0) is 77.3 Å². The molecule has 4 rings (SSSR count). The Labute approximate surface area is 198 Å². The summed E-state index contributed by atoms with van der Waals surface area (Å²) < 4.78 is 33.3. The molecule has 0 saturated heterocycles. The SMILES string of the molecule is O=C(NC(=S)Nc1ccc2oc(-c3cc(F)c(F)cc3Cl)nc2c1)c1ccccc1I. The molecule has 0 spiro atoms. The number of nitrogens with one attached hydrogen (secondary N) is 2.